The lowest BCUT2D eigenvalue weighted by atomic mass is 10.1. The third-order valence-corrected chi connectivity index (χ3v) is 2.73. The molecule has 0 bridgehead atoms. The van der Waals surface area contributed by atoms with E-state index in [1.54, 1.807) is 0 Å². The van der Waals surface area contributed by atoms with E-state index in [1.165, 1.54) is 12.8 Å². The van der Waals surface area contributed by atoms with Crippen LogP contribution in [0.3, 0.4) is 0 Å². The molecule has 1 aliphatic carbocycles. The summed E-state index contributed by atoms with van der Waals surface area (Å²) in [6.45, 7) is 4.36. The summed E-state index contributed by atoms with van der Waals surface area (Å²) in [5, 5.41) is 7.75. The van der Waals surface area contributed by atoms with Gasteiger partial charge in [0.2, 0.25) is 0 Å². The van der Waals surface area contributed by atoms with E-state index in [1.807, 2.05) is 17.9 Å². The lowest BCUT2D eigenvalue weighted by Crippen LogP contribution is -2.21. The van der Waals surface area contributed by atoms with Crippen molar-refractivity contribution in [3.05, 3.63) is 18.0 Å². The van der Waals surface area contributed by atoms with Crippen LogP contribution in [-0.2, 0) is 13.6 Å². The maximum atomic E-state index is 4.30. The highest BCUT2D eigenvalue weighted by Crippen LogP contribution is 2.43. The third kappa shape index (κ3) is 2.31. The molecule has 0 aromatic carbocycles. The molecule has 13 heavy (non-hydrogen) atoms. The Kier molecular flexibility index (Phi) is 2.12. The summed E-state index contributed by atoms with van der Waals surface area (Å²) in [4.78, 5) is 0. The monoisotopic (exact) mass is 179 g/mol. The Morgan fingerprint density at radius 3 is 2.92 bits per heavy atom. The van der Waals surface area contributed by atoms with Crippen molar-refractivity contribution in [1.82, 2.24) is 15.1 Å². The number of hydrogen-bond acceptors (Lipinski definition) is 2. The molecule has 2 rings (SSSR count). The van der Waals surface area contributed by atoms with Crippen molar-refractivity contribution in [2.24, 2.45) is 12.5 Å². The Morgan fingerprint density at radius 1 is 1.62 bits per heavy atom. The lowest BCUT2D eigenvalue weighted by molar-refractivity contribution is 0.495. The maximum Gasteiger partial charge on any atom is 0.0762 e. The van der Waals surface area contributed by atoms with Gasteiger partial charge in [-0.25, -0.2) is 0 Å². The molecule has 1 fully saturated rings. The van der Waals surface area contributed by atoms with Gasteiger partial charge in [-0.15, -0.1) is 0 Å². The second kappa shape index (κ2) is 3.14. The second-order valence-corrected chi connectivity index (χ2v) is 4.39. The first-order valence-electron chi connectivity index (χ1n) is 4.87. The zero-order valence-electron chi connectivity index (χ0n) is 8.38. The Labute approximate surface area is 79.1 Å². The minimum absolute atomic E-state index is 0.592. The van der Waals surface area contributed by atoms with Gasteiger partial charge in [-0.2, -0.15) is 5.10 Å². The van der Waals surface area contributed by atoms with E-state index in [-0.39, 0.29) is 0 Å². The van der Waals surface area contributed by atoms with Crippen LogP contribution in [0.25, 0.3) is 0 Å². The van der Waals surface area contributed by atoms with Gasteiger partial charge in [-0.1, -0.05) is 6.92 Å². The molecule has 1 aromatic rings. The van der Waals surface area contributed by atoms with Gasteiger partial charge < -0.3 is 5.32 Å². The van der Waals surface area contributed by atoms with E-state index < -0.39 is 0 Å². The molecule has 0 amide bonds. The van der Waals surface area contributed by atoms with Crippen LogP contribution in [0.5, 0.6) is 0 Å². The lowest BCUT2D eigenvalue weighted by Gasteiger charge is -2.07. The molecule has 0 atom stereocenters. The van der Waals surface area contributed by atoms with Gasteiger partial charge in [0.1, 0.15) is 0 Å². The fraction of sp³-hybridized carbons (Fsp3) is 0.700. The standard InChI is InChI=1S/C10H17N3/c1-10(4-5-10)8-11-7-9-3-6-13(2)12-9/h3,6,11H,4-5,7-8H2,1-2H3. The highest BCUT2D eigenvalue weighted by atomic mass is 15.3. The first kappa shape index (κ1) is 8.75. The molecule has 1 saturated carbocycles. The predicted molar refractivity (Wildman–Crippen MR) is 52.3 cm³/mol. The van der Waals surface area contributed by atoms with Crippen LogP contribution in [-0.4, -0.2) is 16.3 Å². The number of aromatic nitrogens is 2. The van der Waals surface area contributed by atoms with Gasteiger partial charge in [0.25, 0.3) is 0 Å². The van der Waals surface area contributed by atoms with Crippen molar-refractivity contribution in [2.45, 2.75) is 26.3 Å². The molecule has 0 aliphatic heterocycles. The molecular weight excluding hydrogens is 162 g/mol. The molecule has 0 spiro atoms. The van der Waals surface area contributed by atoms with Crippen molar-refractivity contribution in [1.29, 1.82) is 0 Å². The van der Waals surface area contributed by atoms with E-state index in [9.17, 15) is 0 Å². The summed E-state index contributed by atoms with van der Waals surface area (Å²) in [6.07, 6.45) is 4.74. The first-order valence-corrected chi connectivity index (χ1v) is 4.87. The summed E-state index contributed by atoms with van der Waals surface area (Å²) in [5.41, 5.74) is 1.72. The number of hydrogen-bond donors (Lipinski definition) is 1. The Bertz CT molecular complexity index is 286. The van der Waals surface area contributed by atoms with Gasteiger partial charge >= 0.3 is 0 Å². The summed E-state index contributed by atoms with van der Waals surface area (Å²) in [5.74, 6) is 0. The quantitative estimate of drug-likeness (QED) is 0.755. The Hall–Kier alpha value is -0.830. The highest BCUT2D eigenvalue weighted by molar-refractivity contribution is 4.99. The summed E-state index contributed by atoms with van der Waals surface area (Å²) < 4.78 is 1.84. The second-order valence-electron chi connectivity index (χ2n) is 4.39. The van der Waals surface area contributed by atoms with Crippen LogP contribution in [0.15, 0.2) is 12.3 Å². The molecule has 1 aliphatic rings. The topological polar surface area (TPSA) is 29.9 Å². The van der Waals surface area contributed by atoms with Crippen molar-refractivity contribution in [2.75, 3.05) is 6.54 Å². The number of nitrogens with zero attached hydrogens (tertiary/aromatic N) is 2. The van der Waals surface area contributed by atoms with Crippen LogP contribution in [0.4, 0.5) is 0 Å². The fourth-order valence-electron chi connectivity index (χ4n) is 1.44. The normalized spacial score (nSPS) is 18.9. The minimum atomic E-state index is 0.592. The van der Waals surface area contributed by atoms with Crippen molar-refractivity contribution >= 4 is 0 Å². The van der Waals surface area contributed by atoms with Crippen LogP contribution >= 0.6 is 0 Å². The van der Waals surface area contributed by atoms with E-state index in [0.29, 0.717) is 5.41 Å². The van der Waals surface area contributed by atoms with E-state index in [4.69, 9.17) is 0 Å². The highest BCUT2D eigenvalue weighted by Gasteiger charge is 2.36. The molecule has 0 saturated heterocycles. The average molecular weight is 179 g/mol. The number of rotatable bonds is 4. The van der Waals surface area contributed by atoms with Gasteiger partial charge in [0.15, 0.2) is 0 Å². The molecule has 0 unspecified atom stereocenters. The van der Waals surface area contributed by atoms with Gasteiger partial charge in [-0.3, -0.25) is 4.68 Å². The maximum absolute atomic E-state index is 4.30. The SMILES string of the molecule is Cn1ccc(CNCC2(C)CC2)n1. The predicted octanol–water partition coefficient (Wildman–Crippen LogP) is 1.31. The Balaban J connectivity index is 1.73. The molecule has 1 N–H and O–H groups in total. The van der Waals surface area contributed by atoms with Gasteiger partial charge in [-0.05, 0) is 24.3 Å². The molecular formula is C10H17N3. The van der Waals surface area contributed by atoms with E-state index >= 15 is 0 Å². The zero-order chi connectivity index (χ0) is 9.31. The number of aryl methyl sites for hydroxylation is 1. The zero-order valence-corrected chi connectivity index (χ0v) is 8.38. The van der Waals surface area contributed by atoms with Gasteiger partial charge in [0, 0.05) is 26.3 Å². The molecule has 1 aromatic heterocycles. The minimum Gasteiger partial charge on any atom is -0.311 e. The molecule has 0 radical (unpaired) electrons. The van der Waals surface area contributed by atoms with Crippen molar-refractivity contribution < 1.29 is 0 Å². The fourth-order valence-corrected chi connectivity index (χ4v) is 1.44. The average Bonchev–Trinajstić information content (AvgIpc) is 2.65. The largest absolute Gasteiger partial charge is 0.311 e. The number of nitrogens with one attached hydrogen (secondary N) is 1. The van der Waals surface area contributed by atoms with Crippen LogP contribution < -0.4 is 5.32 Å². The van der Waals surface area contributed by atoms with Crippen LogP contribution in [0.2, 0.25) is 0 Å². The van der Waals surface area contributed by atoms with E-state index in [0.717, 1.165) is 18.8 Å². The molecule has 3 nitrogen and oxygen atoms in total. The first-order chi connectivity index (χ1) is 6.18. The van der Waals surface area contributed by atoms with Crippen molar-refractivity contribution in [3.63, 3.8) is 0 Å². The Morgan fingerprint density at radius 2 is 2.38 bits per heavy atom. The van der Waals surface area contributed by atoms with Crippen LogP contribution in [0, 0.1) is 5.41 Å². The molecule has 1 heterocycles. The molecule has 3 heteroatoms. The summed E-state index contributed by atoms with van der Waals surface area (Å²) >= 11 is 0. The third-order valence-electron chi connectivity index (χ3n) is 2.73. The summed E-state index contributed by atoms with van der Waals surface area (Å²) in [7, 11) is 1.95. The smallest absolute Gasteiger partial charge is 0.0762 e. The van der Waals surface area contributed by atoms with E-state index in [2.05, 4.69) is 23.4 Å². The molecule has 72 valence electrons. The van der Waals surface area contributed by atoms with Crippen molar-refractivity contribution in [3.8, 4) is 0 Å². The van der Waals surface area contributed by atoms with Gasteiger partial charge in [0.05, 0.1) is 5.69 Å². The van der Waals surface area contributed by atoms with Crippen LogP contribution in [0.1, 0.15) is 25.5 Å². The summed E-state index contributed by atoms with van der Waals surface area (Å²) in [6, 6.07) is 2.06.